The molecule has 2 nitrogen and oxygen atoms in total. The molecule has 1 unspecified atom stereocenters. The van der Waals surface area contributed by atoms with Gasteiger partial charge in [0.1, 0.15) is 0 Å². The number of β-lactam (4-membered cyclic amide) rings is 1. The van der Waals surface area contributed by atoms with Gasteiger partial charge in [-0.25, -0.2) is 0 Å². The third-order valence-electron chi connectivity index (χ3n) is 3.30. The topological polar surface area (TPSA) is 20.3 Å². The van der Waals surface area contributed by atoms with Gasteiger partial charge >= 0.3 is 0 Å². The van der Waals surface area contributed by atoms with Crippen LogP contribution in [-0.4, -0.2) is 5.91 Å². The third-order valence-corrected chi connectivity index (χ3v) is 3.55. The number of rotatable bonds is 2. The fraction of sp³-hybridized carbons (Fsp3) is 0.0625. The number of benzene rings is 2. The molecule has 0 saturated carbocycles. The molecule has 0 radical (unpaired) electrons. The van der Waals surface area contributed by atoms with Crippen molar-refractivity contribution in [3.8, 4) is 0 Å². The predicted octanol–water partition coefficient (Wildman–Crippen LogP) is 3.98. The van der Waals surface area contributed by atoms with Crippen LogP contribution in [0.5, 0.6) is 0 Å². The highest BCUT2D eigenvalue weighted by atomic mass is 35.5. The van der Waals surface area contributed by atoms with E-state index in [1.165, 1.54) is 0 Å². The maximum absolute atomic E-state index is 12.0. The summed E-state index contributed by atoms with van der Waals surface area (Å²) in [5, 5.41) is 0.686. The lowest BCUT2D eigenvalue weighted by atomic mass is 9.88. The molecule has 0 bridgehead atoms. The number of halogens is 1. The molecule has 3 heteroatoms. The average Bonchev–Trinajstić information content (AvgIpc) is 2.46. The van der Waals surface area contributed by atoms with Gasteiger partial charge in [0.15, 0.2) is 0 Å². The molecule has 1 amide bonds. The smallest absolute Gasteiger partial charge is 0.256 e. The molecule has 0 aromatic heterocycles. The molecule has 1 aliphatic rings. The second-order valence-corrected chi connectivity index (χ2v) is 4.93. The Morgan fingerprint density at radius 2 is 1.63 bits per heavy atom. The molecule has 0 N–H and O–H groups in total. The number of carbonyl (C=O) groups is 1. The van der Waals surface area contributed by atoms with E-state index in [4.69, 9.17) is 11.6 Å². The highest BCUT2D eigenvalue weighted by Crippen LogP contribution is 2.42. The van der Waals surface area contributed by atoms with Gasteiger partial charge in [0.2, 0.25) is 0 Å². The third kappa shape index (κ3) is 1.94. The standard InChI is InChI=1S/C16H12ClNO/c1-11-15(12-7-9-13(17)10-8-12)18(16(11)19)14-5-3-2-4-6-14/h2-10,15H,1H2. The van der Waals surface area contributed by atoms with Crippen LogP contribution in [0.1, 0.15) is 11.6 Å². The van der Waals surface area contributed by atoms with Gasteiger partial charge in [-0.2, -0.15) is 0 Å². The Balaban J connectivity index is 1.98. The molecular formula is C16H12ClNO. The summed E-state index contributed by atoms with van der Waals surface area (Å²) < 4.78 is 0. The lowest BCUT2D eigenvalue weighted by Crippen LogP contribution is -2.48. The van der Waals surface area contributed by atoms with Gasteiger partial charge in [-0.15, -0.1) is 0 Å². The molecule has 2 aromatic carbocycles. The highest BCUT2D eigenvalue weighted by Gasteiger charge is 2.42. The Morgan fingerprint density at radius 1 is 1.00 bits per heavy atom. The Hall–Kier alpha value is -2.06. The van der Waals surface area contributed by atoms with Crippen molar-refractivity contribution in [3.63, 3.8) is 0 Å². The maximum Gasteiger partial charge on any atom is 0.256 e. The lowest BCUT2D eigenvalue weighted by Gasteiger charge is -2.42. The fourth-order valence-corrected chi connectivity index (χ4v) is 2.45. The average molecular weight is 270 g/mol. The van der Waals surface area contributed by atoms with Crippen LogP contribution in [-0.2, 0) is 4.79 Å². The van der Waals surface area contributed by atoms with Crippen molar-refractivity contribution in [3.05, 3.63) is 77.3 Å². The summed E-state index contributed by atoms with van der Waals surface area (Å²) in [4.78, 5) is 13.8. The van der Waals surface area contributed by atoms with Crippen molar-refractivity contribution >= 4 is 23.2 Å². The van der Waals surface area contributed by atoms with E-state index >= 15 is 0 Å². The zero-order valence-electron chi connectivity index (χ0n) is 10.2. The Bertz CT molecular complexity index is 634. The number of anilines is 1. The van der Waals surface area contributed by atoms with Crippen molar-refractivity contribution in [2.75, 3.05) is 4.90 Å². The monoisotopic (exact) mass is 269 g/mol. The summed E-state index contributed by atoms with van der Waals surface area (Å²) >= 11 is 5.89. The van der Waals surface area contributed by atoms with Crippen LogP contribution in [0, 0.1) is 0 Å². The molecule has 1 fully saturated rings. The van der Waals surface area contributed by atoms with Crippen molar-refractivity contribution in [2.24, 2.45) is 0 Å². The van der Waals surface area contributed by atoms with E-state index < -0.39 is 0 Å². The molecule has 94 valence electrons. The van der Waals surface area contributed by atoms with Gasteiger partial charge in [-0.3, -0.25) is 9.69 Å². The van der Waals surface area contributed by atoms with E-state index in [1.54, 1.807) is 4.90 Å². The molecule has 0 aliphatic carbocycles. The predicted molar refractivity (Wildman–Crippen MR) is 77.3 cm³/mol. The number of para-hydroxylation sites is 1. The first-order valence-corrected chi connectivity index (χ1v) is 6.39. The molecule has 1 heterocycles. The van der Waals surface area contributed by atoms with Crippen molar-refractivity contribution in [1.29, 1.82) is 0 Å². The second-order valence-electron chi connectivity index (χ2n) is 4.49. The van der Waals surface area contributed by atoms with Crippen LogP contribution >= 0.6 is 11.6 Å². The summed E-state index contributed by atoms with van der Waals surface area (Å²) in [5.74, 6) is -0.0221. The van der Waals surface area contributed by atoms with Crippen molar-refractivity contribution in [1.82, 2.24) is 0 Å². The molecular weight excluding hydrogens is 258 g/mol. The van der Waals surface area contributed by atoms with Gasteiger partial charge in [0.05, 0.1) is 6.04 Å². The highest BCUT2D eigenvalue weighted by molar-refractivity contribution is 6.30. The van der Waals surface area contributed by atoms with Crippen LogP contribution in [0.25, 0.3) is 0 Å². The number of amides is 1. The van der Waals surface area contributed by atoms with Crippen LogP contribution < -0.4 is 4.90 Å². The van der Waals surface area contributed by atoms with E-state index in [0.717, 1.165) is 11.3 Å². The van der Waals surface area contributed by atoms with E-state index in [0.29, 0.717) is 10.6 Å². The molecule has 0 spiro atoms. The zero-order valence-corrected chi connectivity index (χ0v) is 11.0. The fourth-order valence-electron chi connectivity index (χ4n) is 2.33. The second kappa shape index (κ2) is 4.56. The Kier molecular flexibility index (Phi) is 2.88. The summed E-state index contributed by atoms with van der Waals surface area (Å²) in [6.07, 6.45) is 0. The summed E-state index contributed by atoms with van der Waals surface area (Å²) in [6, 6.07) is 17.0. The summed E-state index contributed by atoms with van der Waals surface area (Å²) in [7, 11) is 0. The summed E-state index contributed by atoms with van der Waals surface area (Å²) in [6.45, 7) is 3.87. The van der Waals surface area contributed by atoms with E-state index in [1.807, 2.05) is 54.6 Å². The largest absolute Gasteiger partial charge is 0.297 e. The first-order valence-electron chi connectivity index (χ1n) is 6.01. The van der Waals surface area contributed by atoms with Gasteiger partial charge in [0, 0.05) is 16.3 Å². The summed E-state index contributed by atoms with van der Waals surface area (Å²) in [5.41, 5.74) is 2.53. The number of hydrogen-bond donors (Lipinski definition) is 0. The normalized spacial score (nSPS) is 18.4. The van der Waals surface area contributed by atoms with Crippen molar-refractivity contribution < 1.29 is 4.79 Å². The first kappa shape index (κ1) is 12.0. The number of hydrogen-bond acceptors (Lipinski definition) is 1. The molecule has 3 rings (SSSR count). The van der Waals surface area contributed by atoms with E-state index in [2.05, 4.69) is 6.58 Å². The number of nitrogens with zero attached hydrogens (tertiary/aromatic N) is 1. The minimum absolute atomic E-state index is 0.0221. The number of carbonyl (C=O) groups excluding carboxylic acids is 1. The van der Waals surface area contributed by atoms with Crippen LogP contribution in [0.2, 0.25) is 5.02 Å². The first-order chi connectivity index (χ1) is 9.18. The van der Waals surface area contributed by atoms with Crippen molar-refractivity contribution in [2.45, 2.75) is 6.04 Å². The molecule has 19 heavy (non-hydrogen) atoms. The van der Waals surface area contributed by atoms with Crippen LogP contribution in [0.4, 0.5) is 5.69 Å². The minimum Gasteiger partial charge on any atom is -0.297 e. The van der Waals surface area contributed by atoms with Crippen LogP contribution in [0.3, 0.4) is 0 Å². The van der Waals surface area contributed by atoms with E-state index in [-0.39, 0.29) is 11.9 Å². The molecule has 1 atom stereocenters. The van der Waals surface area contributed by atoms with Gasteiger partial charge < -0.3 is 0 Å². The molecule has 1 aliphatic heterocycles. The van der Waals surface area contributed by atoms with Gasteiger partial charge in [0.25, 0.3) is 5.91 Å². The Morgan fingerprint density at radius 3 is 2.26 bits per heavy atom. The quantitative estimate of drug-likeness (QED) is 0.596. The van der Waals surface area contributed by atoms with E-state index in [9.17, 15) is 4.79 Å². The minimum atomic E-state index is -0.0906. The molecule has 1 saturated heterocycles. The zero-order chi connectivity index (χ0) is 13.4. The van der Waals surface area contributed by atoms with Gasteiger partial charge in [-0.1, -0.05) is 48.5 Å². The Labute approximate surface area is 116 Å². The van der Waals surface area contributed by atoms with Gasteiger partial charge in [-0.05, 0) is 29.8 Å². The SMILES string of the molecule is C=C1C(=O)N(c2ccccc2)C1c1ccc(Cl)cc1. The molecule has 2 aromatic rings. The maximum atomic E-state index is 12.0. The lowest BCUT2D eigenvalue weighted by molar-refractivity contribution is -0.118. The van der Waals surface area contributed by atoms with Crippen LogP contribution in [0.15, 0.2) is 66.7 Å².